The number of hydrogen-bond acceptors (Lipinski definition) is 4. The van der Waals surface area contributed by atoms with E-state index in [0.717, 1.165) is 5.13 Å². The second-order valence-electron chi connectivity index (χ2n) is 8.64. The minimum atomic E-state index is -2.47. The number of rotatable bonds is 11. The van der Waals surface area contributed by atoms with Crippen LogP contribution in [0.1, 0.15) is 80.1 Å². The van der Waals surface area contributed by atoms with E-state index in [1.807, 2.05) is 20.8 Å². The van der Waals surface area contributed by atoms with Crippen LogP contribution in [0.15, 0.2) is 6.20 Å². The average molecular weight is 503 g/mol. The van der Waals surface area contributed by atoms with Crippen LogP contribution < -0.4 is 7.79 Å². The Balaban J connectivity index is 3.10. The number of aromatic nitrogens is 1. The van der Waals surface area contributed by atoms with Crippen LogP contribution in [0.3, 0.4) is 0 Å². The van der Waals surface area contributed by atoms with Gasteiger partial charge in [-0.15, -0.1) is 0 Å². The molecule has 1 rings (SSSR count). The van der Waals surface area contributed by atoms with Crippen molar-refractivity contribution >= 4 is 43.8 Å². The molecule has 0 aliphatic rings. The molecule has 0 fully saturated rings. The Hall–Kier alpha value is -0.301. The molecular weight excluding hydrogens is 463 g/mol. The number of unbranched alkanes of at least 4 members (excludes halogenated alkanes) is 3. The molecule has 0 radical (unpaired) electrons. The van der Waals surface area contributed by atoms with Gasteiger partial charge in [-0.1, -0.05) is 0 Å². The molecule has 1 aromatic heterocycles. The van der Waals surface area contributed by atoms with Crippen LogP contribution in [0.2, 0.25) is 13.3 Å². The van der Waals surface area contributed by atoms with Gasteiger partial charge in [0.25, 0.3) is 0 Å². The van der Waals surface area contributed by atoms with E-state index >= 15 is 0 Å². The molecule has 0 spiro atoms. The van der Waals surface area contributed by atoms with Crippen molar-refractivity contribution in [3.63, 3.8) is 0 Å². The second-order valence-corrected chi connectivity index (χ2v) is 23.8. The van der Waals surface area contributed by atoms with Crippen molar-refractivity contribution in [2.75, 3.05) is 11.9 Å². The third kappa shape index (κ3) is 7.92. The van der Waals surface area contributed by atoms with Crippen LogP contribution in [0.4, 0.5) is 9.93 Å². The molecule has 0 saturated carbocycles. The molecular formula is C21H40N2O2SSn. The third-order valence-corrected chi connectivity index (χ3v) is 24.2. The fraction of sp³-hybridized carbons (Fsp3) is 0.810. The Morgan fingerprint density at radius 2 is 1.56 bits per heavy atom. The Morgan fingerprint density at radius 1 is 1.07 bits per heavy atom. The molecule has 0 aliphatic carbocycles. The predicted octanol–water partition coefficient (Wildman–Crippen LogP) is 6.57. The first-order valence-corrected chi connectivity index (χ1v) is 18.9. The zero-order valence-electron chi connectivity index (χ0n) is 18.6. The number of carbonyl (C=O) groups is 1. The number of nitrogens with zero attached hydrogens (tertiary/aromatic N) is 2. The van der Waals surface area contributed by atoms with Gasteiger partial charge in [-0.3, -0.25) is 0 Å². The van der Waals surface area contributed by atoms with Gasteiger partial charge in [-0.2, -0.15) is 0 Å². The first-order chi connectivity index (χ1) is 12.7. The van der Waals surface area contributed by atoms with E-state index in [-0.39, 0.29) is 6.09 Å². The van der Waals surface area contributed by atoms with Crippen LogP contribution in [0, 0.1) is 0 Å². The summed E-state index contributed by atoms with van der Waals surface area (Å²) in [5.74, 6) is 0. The van der Waals surface area contributed by atoms with Gasteiger partial charge in [0.05, 0.1) is 0 Å². The number of carbonyl (C=O) groups excluding carboxylic acids is 1. The van der Waals surface area contributed by atoms with Gasteiger partial charge in [-0.05, 0) is 0 Å². The summed E-state index contributed by atoms with van der Waals surface area (Å²) >= 11 is -0.707. The molecule has 0 bridgehead atoms. The van der Waals surface area contributed by atoms with E-state index in [0.29, 0.717) is 0 Å². The third-order valence-electron chi connectivity index (χ3n) is 5.00. The Morgan fingerprint density at radius 3 is 1.96 bits per heavy atom. The standard InChI is InChI=1S/C9H13N2O2S.3C4H9.Sn/c1-9(2,3)13-8(12)11(4)7-10-5-6-14-7;3*1-3-4-2;/h5H,1-4H3;3*1,3-4H2,2H3;. The Labute approximate surface area is 175 Å². The molecule has 6 heteroatoms. The molecule has 156 valence electrons. The van der Waals surface area contributed by atoms with E-state index in [1.165, 1.54) is 51.8 Å². The molecule has 0 aliphatic heterocycles. The molecule has 1 aromatic rings. The molecule has 0 aromatic carbocycles. The number of ether oxygens (including phenoxy) is 1. The molecule has 4 nitrogen and oxygen atoms in total. The fourth-order valence-electron chi connectivity index (χ4n) is 3.36. The van der Waals surface area contributed by atoms with Crippen molar-refractivity contribution in [2.45, 2.75) is 99.0 Å². The van der Waals surface area contributed by atoms with Gasteiger partial charge in [0.1, 0.15) is 0 Å². The summed E-state index contributed by atoms with van der Waals surface area (Å²) in [5.41, 5.74) is -0.488. The van der Waals surface area contributed by atoms with Gasteiger partial charge in [0.15, 0.2) is 0 Å². The van der Waals surface area contributed by atoms with Crippen molar-refractivity contribution in [1.82, 2.24) is 4.98 Å². The maximum atomic E-state index is 12.4. The van der Waals surface area contributed by atoms with E-state index in [2.05, 4.69) is 32.0 Å². The van der Waals surface area contributed by atoms with E-state index in [1.54, 1.807) is 26.2 Å². The summed E-state index contributed by atoms with van der Waals surface area (Å²) in [6.45, 7) is 12.6. The van der Waals surface area contributed by atoms with E-state index < -0.39 is 24.0 Å². The summed E-state index contributed by atoms with van der Waals surface area (Å²) < 4.78 is 11.3. The average Bonchev–Trinajstić information content (AvgIpc) is 3.10. The molecule has 0 unspecified atom stereocenters. The number of anilines is 1. The van der Waals surface area contributed by atoms with Gasteiger partial charge in [0, 0.05) is 0 Å². The molecule has 0 atom stereocenters. The van der Waals surface area contributed by atoms with Gasteiger partial charge in [-0.25, -0.2) is 0 Å². The summed E-state index contributed by atoms with van der Waals surface area (Å²) in [5, 5.41) is 0.782. The Bertz CT molecular complexity index is 547. The fourth-order valence-corrected chi connectivity index (χ4v) is 22.9. The van der Waals surface area contributed by atoms with Crippen molar-refractivity contribution in [3.8, 4) is 0 Å². The molecule has 0 saturated heterocycles. The predicted molar refractivity (Wildman–Crippen MR) is 121 cm³/mol. The Kier molecular flexibility index (Phi) is 10.7. The monoisotopic (exact) mass is 504 g/mol. The topological polar surface area (TPSA) is 42.4 Å². The van der Waals surface area contributed by atoms with Crippen molar-refractivity contribution < 1.29 is 9.53 Å². The number of thiazole rings is 1. The van der Waals surface area contributed by atoms with Gasteiger partial charge in [0.2, 0.25) is 0 Å². The van der Waals surface area contributed by atoms with Crippen LogP contribution >= 0.6 is 11.3 Å². The quantitative estimate of drug-likeness (QED) is 0.321. The first kappa shape index (κ1) is 24.7. The van der Waals surface area contributed by atoms with Gasteiger partial charge >= 0.3 is 175 Å². The zero-order chi connectivity index (χ0) is 20.5. The number of hydrogen-bond donors (Lipinski definition) is 0. The summed E-state index contributed by atoms with van der Waals surface area (Å²) in [4.78, 5) is 18.7. The van der Waals surface area contributed by atoms with Crippen LogP contribution in [0.5, 0.6) is 0 Å². The summed E-state index contributed by atoms with van der Waals surface area (Å²) in [6.07, 6.45) is 9.58. The molecule has 27 heavy (non-hydrogen) atoms. The van der Waals surface area contributed by atoms with Crippen LogP contribution in [-0.4, -0.2) is 42.1 Å². The van der Waals surface area contributed by atoms with Crippen LogP contribution in [0.25, 0.3) is 0 Å². The molecule has 0 N–H and O–H groups in total. The van der Waals surface area contributed by atoms with Crippen molar-refractivity contribution in [3.05, 3.63) is 6.20 Å². The first-order valence-electron chi connectivity index (χ1n) is 10.6. The summed E-state index contributed by atoms with van der Waals surface area (Å²) in [7, 11) is 1.78. The maximum absolute atomic E-state index is 12.4. The van der Waals surface area contributed by atoms with E-state index in [4.69, 9.17) is 4.74 Å². The second kappa shape index (κ2) is 11.6. The minimum absolute atomic E-state index is 0.320. The molecule has 1 amide bonds. The number of amides is 1. The van der Waals surface area contributed by atoms with E-state index in [9.17, 15) is 4.79 Å². The molecule has 1 heterocycles. The summed E-state index contributed by atoms with van der Waals surface area (Å²) in [6, 6.07) is 0. The normalized spacial score (nSPS) is 12.3. The SMILES string of the molecule is CCC[CH2][Sn]([CH2]CCC)([CH2]CCC)[c]1cnc(N(C)C(=O)OC(C)(C)C)s1. The van der Waals surface area contributed by atoms with Crippen molar-refractivity contribution in [1.29, 1.82) is 0 Å². The van der Waals surface area contributed by atoms with Gasteiger partial charge < -0.3 is 0 Å². The van der Waals surface area contributed by atoms with Crippen molar-refractivity contribution in [2.24, 2.45) is 0 Å². The zero-order valence-corrected chi connectivity index (χ0v) is 22.2. The van der Waals surface area contributed by atoms with Crippen LogP contribution in [-0.2, 0) is 4.74 Å².